The van der Waals surface area contributed by atoms with Crippen molar-refractivity contribution in [1.29, 1.82) is 0 Å². The fourth-order valence-electron chi connectivity index (χ4n) is 4.15. The van der Waals surface area contributed by atoms with Crippen molar-refractivity contribution in [2.45, 2.75) is 71.3 Å². The Kier molecular flexibility index (Phi) is 4.93. The molecule has 1 saturated carbocycles. The number of rotatable bonds is 5. The SMILES string of the molecule is CCC(CC)n1c(C2CCCC2)nc2c(C)c(C(=O)OC)ccc21. The van der Waals surface area contributed by atoms with Crippen LogP contribution < -0.4 is 0 Å². The number of carbonyl (C=O) groups excluding carboxylic acids is 1. The lowest BCUT2D eigenvalue weighted by molar-refractivity contribution is 0.0600. The van der Waals surface area contributed by atoms with Gasteiger partial charge < -0.3 is 9.30 Å². The fraction of sp³-hybridized carbons (Fsp3) is 0.600. The predicted molar refractivity (Wildman–Crippen MR) is 96.6 cm³/mol. The summed E-state index contributed by atoms with van der Waals surface area (Å²) in [5.41, 5.74) is 3.68. The zero-order valence-electron chi connectivity index (χ0n) is 15.3. The van der Waals surface area contributed by atoms with Crippen LogP contribution in [0.3, 0.4) is 0 Å². The highest BCUT2D eigenvalue weighted by Gasteiger charge is 2.27. The van der Waals surface area contributed by atoms with E-state index in [1.807, 2.05) is 13.0 Å². The molecule has 0 amide bonds. The van der Waals surface area contributed by atoms with E-state index in [0.29, 0.717) is 17.5 Å². The molecule has 1 aromatic carbocycles. The van der Waals surface area contributed by atoms with Gasteiger partial charge in [0.05, 0.1) is 23.7 Å². The molecule has 2 aromatic rings. The van der Waals surface area contributed by atoms with Gasteiger partial charge in [-0.05, 0) is 50.3 Å². The smallest absolute Gasteiger partial charge is 0.338 e. The lowest BCUT2D eigenvalue weighted by Crippen LogP contribution is -2.13. The maximum Gasteiger partial charge on any atom is 0.338 e. The lowest BCUT2D eigenvalue weighted by atomic mass is 10.1. The molecule has 1 fully saturated rings. The average molecular weight is 328 g/mol. The van der Waals surface area contributed by atoms with Gasteiger partial charge in [-0.15, -0.1) is 0 Å². The van der Waals surface area contributed by atoms with Gasteiger partial charge in [0.1, 0.15) is 5.82 Å². The van der Waals surface area contributed by atoms with E-state index in [1.165, 1.54) is 38.6 Å². The molecule has 1 aromatic heterocycles. The van der Waals surface area contributed by atoms with Crippen molar-refractivity contribution in [3.63, 3.8) is 0 Å². The normalized spacial score (nSPS) is 15.5. The van der Waals surface area contributed by atoms with Crippen LogP contribution in [0.1, 0.15) is 86.1 Å². The van der Waals surface area contributed by atoms with Gasteiger partial charge in [0.2, 0.25) is 0 Å². The third-order valence-corrected chi connectivity index (χ3v) is 5.58. The fourth-order valence-corrected chi connectivity index (χ4v) is 4.15. The summed E-state index contributed by atoms with van der Waals surface area (Å²) in [6, 6.07) is 4.41. The molecule has 1 aliphatic carbocycles. The van der Waals surface area contributed by atoms with E-state index < -0.39 is 0 Å². The van der Waals surface area contributed by atoms with Crippen molar-refractivity contribution >= 4 is 17.0 Å². The Hall–Kier alpha value is -1.84. The highest BCUT2D eigenvalue weighted by atomic mass is 16.5. The first-order valence-corrected chi connectivity index (χ1v) is 9.22. The molecule has 0 atom stereocenters. The van der Waals surface area contributed by atoms with Gasteiger partial charge in [0, 0.05) is 12.0 Å². The summed E-state index contributed by atoms with van der Waals surface area (Å²) in [5.74, 6) is 1.49. The molecule has 3 rings (SSSR count). The van der Waals surface area contributed by atoms with Crippen LogP contribution in [0, 0.1) is 6.92 Å². The van der Waals surface area contributed by atoms with Gasteiger partial charge in [-0.25, -0.2) is 9.78 Å². The van der Waals surface area contributed by atoms with Crippen molar-refractivity contribution in [3.8, 4) is 0 Å². The molecule has 4 nitrogen and oxygen atoms in total. The van der Waals surface area contributed by atoms with E-state index >= 15 is 0 Å². The quantitative estimate of drug-likeness (QED) is 0.713. The molecule has 0 N–H and O–H groups in total. The molecule has 130 valence electrons. The number of imidazole rings is 1. The van der Waals surface area contributed by atoms with Crippen molar-refractivity contribution < 1.29 is 9.53 Å². The molecular formula is C20H28N2O2. The minimum Gasteiger partial charge on any atom is -0.465 e. The van der Waals surface area contributed by atoms with Gasteiger partial charge in [0.25, 0.3) is 0 Å². The molecule has 0 unspecified atom stereocenters. The largest absolute Gasteiger partial charge is 0.465 e. The first-order chi connectivity index (χ1) is 11.6. The number of aryl methyl sites for hydroxylation is 1. The summed E-state index contributed by atoms with van der Waals surface area (Å²) in [7, 11) is 1.43. The third-order valence-electron chi connectivity index (χ3n) is 5.58. The predicted octanol–water partition coefficient (Wildman–Crippen LogP) is 5.15. The summed E-state index contributed by atoms with van der Waals surface area (Å²) >= 11 is 0. The van der Waals surface area contributed by atoms with Crippen molar-refractivity contribution in [2.75, 3.05) is 7.11 Å². The van der Waals surface area contributed by atoms with Crippen LogP contribution in [0.5, 0.6) is 0 Å². The Morgan fingerprint density at radius 2 is 1.96 bits per heavy atom. The first-order valence-electron chi connectivity index (χ1n) is 9.22. The number of hydrogen-bond donors (Lipinski definition) is 0. The molecule has 1 aliphatic rings. The maximum atomic E-state index is 12.0. The van der Waals surface area contributed by atoms with Crippen LogP contribution >= 0.6 is 0 Å². The van der Waals surface area contributed by atoms with E-state index in [1.54, 1.807) is 0 Å². The summed E-state index contributed by atoms with van der Waals surface area (Å²) in [6.07, 6.45) is 7.24. The number of nitrogens with zero attached hydrogens (tertiary/aromatic N) is 2. The molecule has 0 spiro atoms. The van der Waals surface area contributed by atoms with Crippen molar-refractivity contribution in [3.05, 3.63) is 29.1 Å². The maximum absolute atomic E-state index is 12.0. The van der Waals surface area contributed by atoms with Crippen LogP contribution in [-0.2, 0) is 4.74 Å². The molecule has 1 heterocycles. The molecule has 0 aliphatic heterocycles. The second-order valence-electron chi connectivity index (χ2n) is 6.89. The van der Waals surface area contributed by atoms with Gasteiger partial charge >= 0.3 is 5.97 Å². The van der Waals surface area contributed by atoms with E-state index in [4.69, 9.17) is 9.72 Å². The number of fused-ring (bicyclic) bond motifs is 1. The minimum atomic E-state index is -0.283. The minimum absolute atomic E-state index is 0.283. The zero-order valence-corrected chi connectivity index (χ0v) is 15.3. The number of carbonyl (C=O) groups is 1. The summed E-state index contributed by atoms with van der Waals surface area (Å²) in [5, 5.41) is 0. The zero-order chi connectivity index (χ0) is 17.3. The second-order valence-corrected chi connectivity index (χ2v) is 6.89. The highest BCUT2D eigenvalue weighted by molar-refractivity contribution is 5.96. The van der Waals surface area contributed by atoms with Gasteiger partial charge in [-0.3, -0.25) is 0 Å². The van der Waals surface area contributed by atoms with E-state index in [9.17, 15) is 4.79 Å². The van der Waals surface area contributed by atoms with E-state index in [2.05, 4.69) is 24.5 Å². The number of esters is 1. The topological polar surface area (TPSA) is 44.1 Å². The number of hydrogen-bond acceptors (Lipinski definition) is 3. The highest BCUT2D eigenvalue weighted by Crippen LogP contribution is 2.38. The van der Waals surface area contributed by atoms with Crippen LogP contribution in [0.2, 0.25) is 0 Å². The summed E-state index contributed by atoms with van der Waals surface area (Å²) < 4.78 is 7.38. The number of ether oxygens (including phenoxy) is 1. The molecule has 4 heteroatoms. The Balaban J connectivity index is 2.22. The van der Waals surface area contributed by atoms with Crippen LogP contribution in [0.15, 0.2) is 12.1 Å². The van der Waals surface area contributed by atoms with E-state index in [-0.39, 0.29) is 5.97 Å². The van der Waals surface area contributed by atoms with Crippen molar-refractivity contribution in [1.82, 2.24) is 9.55 Å². The Morgan fingerprint density at radius 1 is 1.29 bits per heavy atom. The average Bonchev–Trinajstić information content (AvgIpc) is 3.24. The number of aromatic nitrogens is 2. The monoisotopic (exact) mass is 328 g/mol. The van der Waals surface area contributed by atoms with Gasteiger partial charge in [-0.2, -0.15) is 0 Å². The van der Waals surface area contributed by atoms with E-state index in [0.717, 1.165) is 29.4 Å². The third kappa shape index (κ3) is 2.72. The van der Waals surface area contributed by atoms with Crippen molar-refractivity contribution in [2.24, 2.45) is 0 Å². The lowest BCUT2D eigenvalue weighted by Gasteiger charge is -2.21. The molecule has 0 saturated heterocycles. The Morgan fingerprint density at radius 3 is 2.54 bits per heavy atom. The molecule has 24 heavy (non-hydrogen) atoms. The van der Waals surface area contributed by atoms with Crippen LogP contribution in [0.4, 0.5) is 0 Å². The number of benzene rings is 1. The van der Waals surface area contributed by atoms with Crippen LogP contribution in [0.25, 0.3) is 11.0 Å². The van der Waals surface area contributed by atoms with Crippen LogP contribution in [-0.4, -0.2) is 22.6 Å². The summed E-state index contributed by atoms with van der Waals surface area (Å²) in [4.78, 5) is 17.1. The van der Waals surface area contributed by atoms with Gasteiger partial charge in [0.15, 0.2) is 0 Å². The molecule has 0 bridgehead atoms. The van der Waals surface area contributed by atoms with Gasteiger partial charge in [-0.1, -0.05) is 26.7 Å². The number of methoxy groups -OCH3 is 1. The summed E-state index contributed by atoms with van der Waals surface area (Å²) in [6.45, 7) is 6.47. The standard InChI is InChI=1S/C20H28N2O2/c1-5-15(6-2)22-17-12-11-16(20(23)24-4)13(3)18(17)21-19(22)14-9-7-8-10-14/h11-12,14-15H,5-10H2,1-4H3. The second kappa shape index (κ2) is 6.96. The molecular weight excluding hydrogens is 300 g/mol. The first kappa shape index (κ1) is 17.0. The molecule has 0 radical (unpaired) electrons. The Bertz CT molecular complexity index is 738. The Labute approximate surface area is 144 Å².